The summed E-state index contributed by atoms with van der Waals surface area (Å²) in [5.41, 5.74) is 0. The van der Waals surface area contributed by atoms with Gasteiger partial charge in [0.05, 0.1) is 10.8 Å². The third kappa shape index (κ3) is 5.11. The van der Waals surface area contributed by atoms with Crippen LogP contribution in [0.2, 0.25) is 5.02 Å². The number of nitrogens with zero attached hydrogens (tertiary/aromatic N) is 3. The topological polar surface area (TPSA) is 69.0 Å². The summed E-state index contributed by atoms with van der Waals surface area (Å²) in [5, 5.41) is 13.3. The van der Waals surface area contributed by atoms with E-state index in [9.17, 15) is 4.79 Å². The third-order valence-electron chi connectivity index (χ3n) is 6.23. The van der Waals surface area contributed by atoms with Gasteiger partial charge in [0, 0.05) is 12.1 Å². The number of carbonyl (C=O) groups is 1. The van der Waals surface area contributed by atoms with Crippen LogP contribution in [0.1, 0.15) is 57.8 Å². The van der Waals surface area contributed by atoms with Crippen LogP contribution in [0.3, 0.4) is 0 Å². The molecular formula is C22H29ClN4O2S. The molecular weight excluding hydrogens is 420 g/mol. The largest absolute Gasteiger partial charge is 0.484 e. The van der Waals surface area contributed by atoms with Gasteiger partial charge >= 0.3 is 0 Å². The average Bonchev–Trinajstić information content (AvgIpc) is 3.49. The van der Waals surface area contributed by atoms with Crippen molar-refractivity contribution in [2.24, 2.45) is 11.8 Å². The fourth-order valence-corrected chi connectivity index (χ4v) is 5.10. The van der Waals surface area contributed by atoms with Crippen molar-refractivity contribution in [2.45, 2.75) is 69.8 Å². The maximum Gasteiger partial charge on any atom is 0.230 e. The molecule has 8 heteroatoms. The molecule has 30 heavy (non-hydrogen) atoms. The van der Waals surface area contributed by atoms with E-state index in [1.165, 1.54) is 24.6 Å². The van der Waals surface area contributed by atoms with Crippen LogP contribution >= 0.6 is 23.4 Å². The number of nitrogens with one attached hydrogen (secondary N) is 1. The van der Waals surface area contributed by atoms with Gasteiger partial charge in [0.15, 0.2) is 11.0 Å². The Balaban J connectivity index is 1.35. The number of benzene rings is 1. The molecule has 2 aromatic rings. The summed E-state index contributed by atoms with van der Waals surface area (Å²) in [7, 11) is 0. The molecule has 1 amide bonds. The lowest BCUT2D eigenvalue weighted by atomic mass is 9.78. The molecule has 4 rings (SSSR count). The van der Waals surface area contributed by atoms with Crippen LogP contribution in [-0.2, 0) is 11.4 Å². The minimum atomic E-state index is 0.0742. The highest BCUT2D eigenvalue weighted by Crippen LogP contribution is 2.39. The smallest absolute Gasteiger partial charge is 0.230 e. The van der Waals surface area contributed by atoms with Gasteiger partial charge in [-0.3, -0.25) is 9.36 Å². The molecule has 2 aliphatic rings. The monoisotopic (exact) mass is 448 g/mol. The van der Waals surface area contributed by atoms with E-state index in [2.05, 4.69) is 33.9 Å². The molecule has 0 bridgehead atoms. The molecule has 1 heterocycles. The Labute approximate surface area is 187 Å². The van der Waals surface area contributed by atoms with E-state index >= 15 is 0 Å². The number of ether oxygens (including phenoxy) is 1. The van der Waals surface area contributed by atoms with E-state index in [4.69, 9.17) is 16.3 Å². The van der Waals surface area contributed by atoms with Crippen LogP contribution in [0.15, 0.2) is 29.4 Å². The fourth-order valence-electron chi connectivity index (χ4n) is 4.07. The van der Waals surface area contributed by atoms with Crippen LogP contribution < -0.4 is 10.1 Å². The van der Waals surface area contributed by atoms with E-state index in [0.29, 0.717) is 41.0 Å². The van der Waals surface area contributed by atoms with Gasteiger partial charge in [0.1, 0.15) is 12.4 Å². The van der Waals surface area contributed by atoms with Crippen molar-refractivity contribution >= 4 is 29.3 Å². The number of halogens is 1. The van der Waals surface area contributed by atoms with Crippen molar-refractivity contribution in [1.82, 2.24) is 20.1 Å². The average molecular weight is 449 g/mol. The summed E-state index contributed by atoms with van der Waals surface area (Å²) in [5.74, 6) is 3.02. The summed E-state index contributed by atoms with van der Waals surface area (Å²) in [6.07, 6.45) is 5.73. The highest BCUT2D eigenvalue weighted by atomic mass is 35.5. The highest BCUT2D eigenvalue weighted by Gasteiger charge is 2.31. The number of carbonyl (C=O) groups excluding carboxylic acids is 1. The minimum Gasteiger partial charge on any atom is -0.484 e. The molecule has 0 spiro atoms. The lowest BCUT2D eigenvalue weighted by Crippen LogP contribution is -2.44. The van der Waals surface area contributed by atoms with Crippen LogP contribution in [0.5, 0.6) is 5.75 Å². The van der Waals surface area contributed by atoms with E-state index < -0.39 is 0 Å². The van der Waals surface area contributed by atoms with E-state index in [0.717, 1.165) is 30.2 Å². The third-order valence-corrected chi connectivity index (χ3v) is 7.48. The first-order valence-electron chi connectivity index (χ1n) is 10.8. The standard InChI is InChI=1S/C22H29ClN4O2S/c1-14-6-5-8-18(15(14)2)24-21(28)13-30-22-26-25-20(27(22)16-10-11-16)12-29-19-9-4-3-7-17(19)23/h3-4,7,9,14-16,18H,5-6,8,10-13H2,1-2H3,(H,24,28)/t14-,15-,18-/m1/s1. The van der Waals surface area contributed by atoms with Crippen LogP contribution in [0.4, 0.5) is 0 Å². The first-order valence-corrected chi connectivity index (χ1v) is 12.1. The van der Waals surface area contributed by atoms with E-state index in [1.807, 2.05) is 18.2 Å². The summed E-state index contributed by atoms with van der Waals surface area (Å²) in [6, 6.07) is 8.08. The lowest BCUT2D eigenvalue weighted by Gasteiger charge is -2.34. The summed E-state index contributed by atoms with van der Waals surface area (Å²) in [6.45, 7) is 4.83. The minimum absolute atomic E-state index is 0.0742. The van der Waals surface area contributed by atoms with Gasteiger partial charge in [-0.1, -0.05) is 62.2 Å². The zero-order valence-corrected chi connectivity index (χ0v) is 19.1. The molecule has 2 saturated carbocycles. The number of rotatable bonds is 8. The maximum atomic E-state index is 12.6. The van der Waals surface area contributed by atoms with Crippen molar-refractivity contribution in [3.05, 3.63) is 35.1 Å². The van der Waals surface area contributed by atoms with Crippen LogP contribution in [0, 0.1) is 11.8 Å². The molecule has 162 valence electrons. The molecule has 2 aliphatic carbocycles. The quantitative estimate of drug-likeness (QED) is 0.583. The Bertz CT molecular complexity index is 886. The van der Waals surface area contributed by atoms with Crippen LogP contribution in [-0.4, -0.2) is 32.5 Å². The first kappa shape index (κ1) is 21.5. The zero-order chi connectivity index (χ0) is 21.1. The van der Waals surface area contributed by atoms with Gasteiger partial charge < -0.3 is 10.1 Å². The van der Waals surface area contributed by atoms with Gasteiger partial charge in [-0.2, -0.15) is 0 Å². The van der Waals surface area contributed by atoms with Gasteiger partial charge in [0.2, 0.25) is 5.91 Å². The Morgan fingerprint density at radius 2 is 2.03 bits per heavy atom. The van der Waals surface area contributed by atoms with E-state index in [1.54, 1.807) is 6.07 Å². The molecule has 0 unspecified atom stereocenters. The fraction of sp³-hybridized carbons (Fsp3) is 0.591. The van der Waals surface area contributed by atoms with Crippen LogP contribution in [0.25, 0.3) is 0 Å². The predicted octanol–water partition coefficient (Wildman–Crippen LogP) is 4.88. The molecule has 0 radical (unpaired) electrons. The highest BCUT2D eigenvalue weighted by molar-refractivity contribution is 7.99. The number of thioether (sulfide) groups is 1. The molecule has 6 nitrogen and oxygen atoms in total. The molecule has 1 aromatic carbocycles. The molecule has 0 saturated heterocycles. The summed E-state index contributed by atoms with van der Waals surface area (Å²) >= 11 is 7.63. The Morgan fingerprint density at radius 3 is 2.80 bits per heavy atom. The molecule has 1 N–H and O–H groups in total. The second-order valence-electron chi connectivity index (χ2n) is 8.45. The first-order chi connectivity index (χ1) is 14.5. The second-order valence-corrected chi connectivity index (χ2v) is 9.80. The number of hydrogen-bond acceptors (Lipinski definition) is 5. The summed E-state index contributed by atoms with van der Waals surface area (Å²) in [4.78, 5) is 12.6. The molecule has 3 atom stereocenters. The van der Waals surface area contributed by atoms with Gasteiger partial charge in [-0.15, -0.1) is 10.2 Å². The van der Waals surface area contributed by atoms with Gasteiger partial charge in [0.25, 0.3) is 0 Å². The van der Waals surface area contributed by atoms with Crippen molar-refractivity contribution < 1.29 is 9.53 Å². The predicted molar refractivity (Wildman–Crippen MR) is 119 cm³/mol. The molecule has 1 aromatic heterocycles. The number of para-hydroxylation sites is 1. The molecule has 0 aliphatic heterocycles. The van der Waals surface area contributed by atoms with Crippen molar-refractivity contribution in [1.29, 1.82) is 0 Å². The van der Waals surface area contributed by atoms with Crippen molar-refractivity contribution in [3.63, 3.8) is 0 Å². The Morgan fingerprint density at radius 1 is 1.23 bits per heavy atom. The second kappa shape index (κ2) is 9.60. The number of amides is 1. The lowest BCUT2D eigenvalue weighted by molar-refractivity contribution is -0.120. The Hall–Kier alpha value is -1.73. The van der Waals surface area contributed by atoms with Crippen molar-refractivity contribution in [2.75, 3.05) is 5.75 Å². The van der Waals surface area contributed by atoms with Crippen molar-refractivity contribution in [3.8, 4) is 5.75 Å². The SMILES string of the molecule is C[C@@H]1[C@H](C)CCC[C@H]1NC(=O)CSc1nnc(COc2ccccc2Cl)n1C1CC1. The number of hydrogen-bond donors (Lipinski definition) is 1. The Kier molecular flexibility index (Phi) is 6.88. The molecule has 2 fully saturated rings. The number of aromatic nitrogens is 3. The van der Waals surface area contributed by atoms with Gasteiger partial charge in [-0.25, -0.2) is 0 Å². The maximum absolute atomic E-state index is 12.6. The van der Waals surface area contributed by atoms with Gasteiger partial charge in [-0.05, 0) is 43.2 Å². The zero-order valence-electron chi connectivity index (χ0n) is 17.5. The van der Waals surface area contributed by atoms with E-state index in [-0.39, 0.29) is 11.9 Å². The normalized spacial score (nSPS) is 23.9. The summed E-state index contributed by atoms with van der Waals surface area (Å²) < 4.78 is 7.98.